The number of aromatic nitrogens is 5. The molecule has 0 bridgehead atoms. The molecule has 0 fully saturated rings. The van der Waals surface area contributed by atoms with E-state index in [1.54, 1.807) is 18.6 Å². The van der Waals surface area contributed by atoms with Gasteiger partial charge >= 0.3 is 5.82 Å². The Morgan fingerprint density at radius 3 is 3.25 bits per heavy atom. The minimum absolute atomic E-state index is 0.593. The Balaban J connectivity index is 2.00. The van der Waals surface area contributed by atoms with Crippen molar-refractivity contribution < 1.29 is 8.68 Å². The van der Waals surface area contributed by atoms with Crippen LogP contribution in [0.25, 0.3) is 28.2 Å². The average Bonchev–Trinajstić information content (AvgIpc) is 3.11. The number of pyridine rings is 2. The molecule has 1 aliphatic rings. The zero-order chi connectivity index (χ0) is 15.8. The van der Waals surface area contributed by atoms with Gasteiger partial charge in [0.1, 0.15) is 12.1 Å². The summed E-state index contributed by atoms with van der Waals surface area (Å²) in [6.45, 7) is -1.57. The smallest absolute Gasteiger partial charge is 0.303 e. The van der Waals surface area contributed by atoms with E-state index in [9.17, 15) is 0 Å². The topological polar surface area (TPSA) is 39.0 Å². The predicted octanol–water partition coefficient (Wildman–Crippen LogP) is 1.54. The van der Waals surface area contributed by atoms with Gasteiger partial charge in [0.2, 0.25) is 5.65 Å². The lowest BCUT2D eigenvalue weighted by molar-refractivity contribution is -0.670. The molecular weight excluding hydrogens is 250 g/mol. The lowest BCUT2D eigenvalue weighted by Gasteiger charge is -1.91. The van der Waals surface area contributed by atoms with E-state index in [1.165, 1.54) is 4.57 Å². The molecule has 0 aromatic carbocycles. The van der Waals surface area contributed by atoms with Crippen molar-refractivity contribution in [3.05, 3.63) is 48.5 Å². The maximum atomic E-state index is 7.88. The van der Waals surface area contributed by atoms with Gasteiger partial charge in [-0.25, -0.2) is 9.55 Å². The molecule has 0 spiro atoms. The Kier molecular flexibility index (Phi) is 1.27. The zero-order valence-electron chi connectivity index (χ0n) is 13.5. The van der Waals surface area contributed by atoms with Gasteiger partial charge in [-0.3, -0.25) is 4.98 Å². The first kappa shape index (κ1) is 7.79. The maximum absolute atomic E-state index is 7.88. The molecule has 0 amide bonds. The van der Waals surface area contributed by atoms with Crippen molar-refractivity contribution in [2.75, 3.05) is 0 Å². The van der Waals surface area contributed by atoms with Gasteiger partial charge in [0, 0.05) is 35.1 Å². The number of fused-ring (bicyclic) bond motifs is 7. The number of aryl methyl sites for hydroxylation is 1. The van der Waals surface area contributed by atoms with Crippen molar-refractivity contribution >= 4 is 16.7 Å². The fourth-order valence-corrected chi connectivity index (χ4v) is 3.07. The largest absolute Gasteiger partial charge is 0.315 e. The molecule has 0 unspecified atom stereocenters. The molecule has 0 saturated heterocycles. The quantitative estimate of drug-likeness (QED) is 0.398. The summed E-state index contributed by atoms with van der Waals surface area (Å²) < 4.78 is 29.0. The molecule has 5 heterocycles. The van der Waals surface area contributed by atoms with Gasteiger partial charge in [0.25, 0.3) is 0 Å². The summed E-state index contributed by atoms with van der Waals surface area (Å²) in [7, 11) is 0. The molecule has 0 aliphatic carbocycles. The standard InChI is InChI=1S/C15H12N5/c1-18-12-7-16-6-4-11(12)20-13(18)9-19-8-10-3-2-5-17-14(10)15(19)20/h2-7,9H,8H2,1H3/q+1/i1D3. The third kappa shape index (κ3) is 1.02. The highest BCUT2D eigenvalue weighted by Crippen LogP contribution is 2.29. The first-order valence-electron chi connectivity index (χ1n) is 7.90. The number of nitrogens with zero attached hydrogens (tertiary/aromatic N) is 5. The number of hydrogen-bond donors (Lipinski definition) is 0. The van der Waals surface area contributed by atoms with Crippen molar-refractivity contribution in [2.45, 2.75) is 6.54 Å². The normalized spacial score (nSPS) is 15.9. The van der Waals surface area contributed by atoms with Crippen LogP contribution in [-0.4, -0.2) is 18.9 Å². The summed E-state index contributed by atoms with van der Waals surface area (Å²) in [5.74, 6) is 0.912. The summed E-state index contributed by atoms with van der Waals surface area (Å²) in [4.78, 5) is 8.59. The zero-order valence-corrected chi connectivity index (χ0v) is 10.5. The van der Waals surface area contributed by atoms with Gasteiger partial charge in [0.05, 0.1) is 6.20 Å². The lowest BCUT2D eigenvalue weighted by atomic mass is 10.2. The second-order valence-electron chi connectivity index (χ2n) is 4.99. The van der Waals surface area contributed by atoms with E-state index < -0.39 is 6.98 Å². The molecule has 5 nitrogen and oxygen atoms in total. The van der Waals surface area contributed by atoms with Crippen LogP contribution in [0, 0.1) is 0 Å². The first-order chi connectivity index (χ1) is 11.1. The monoisotopic (exact) mass is 265 g/mol. The minimum atomic E-state index is -2.27. The van der Waals surface area contributed by atoms with Crippen molar-refractivity contribution in [1.29, 1.82) is 0 Å². The van der Waals surface area contributed by atoms with Crippen LogP contribution in [0.4, 0.5) is 0 Å². The Labute approximate surface area is 119 Å². The van der Waals surface area contributed by atoms with Gasteiger partial charge in [-0.15, -0.1) is 0 Å². The van der Waals surface area contributed by atoms with Gasteiger partial charge in [-0.1, -0.05) is 6.07 Å². The van der Waals surface area contributed by atoms with Crippen molar-refractivity contribution in [2.24, 2.45) is 6.98 Å². The van der Waals surface area contributed by atoms with Gasteiger partial charge < -0.3 is 4.57 Å². The van der Waals surface area contributed by atoms with Crippen LogP contribution in [0.2, 0.25) is 0 Å². The van der Waals surface area contributed by atoms with Crippen LogP contribution in [0.5, 0.6) is 0 Å². The van der Waals surface area contributed by atoms with Crippen LogP contribution in [0.1, 0.15) is 9.68 Å². The molecule has 0 saturated carbocycles. The van der Waals surface area contributed by atoms with Gasteiger partial charge in [0.15, 0.2) is 17.4 Å². The molecule has 96 valence electrons. The fourth-order valence-electron chi connectivity index (χ4n) is 3.07. The maximum Gasteiger partial charge on any atom is 0.315 e. The summed E-state index contributed by atoms with van der Waals surface area (Å²) in [5, 5.41) is 0. The molecule has 5 heteroatoms. The average molecular weight is 265 g/mol. The summed E-state index contributed by atoms with van der Waals surface area (Å²) in [6.07, 6.45) is 6.92. The SMILES string of the molecule is [2H]C([2H])([2H])n1c2cnccc2n2c3[n+](cc12)Cc1cccnc1-3. The van der Waals surface area contributed by atoms with E-state index in [1.807, 2.05) is 28.8 Å². The molecule has 0 N–H and O–H groups in total. The van der Waals surface area contributed by atoms with E-state index in [2.05, 4.69) is 14.5 Å². The third-order valence-corrected chi connectivity index (χ3v) is 3.92. The molecule has 0 atom stereocenters. The van der Waals surface area contributed by atoms with Crippen molar-refractivity contribution in [1.82, 2.24) is 18.9 Å². The van der Waals surface area contributed by atoms with Gasteiger partial charge in [-0.05, 0) is 6.07 Å². The van der Waals surface area contributed by atoms with E-state index in [4.69, 9.17) is 4.11 Å². The highest BCUT2D eigenvalue weighted by atomic mass is 15.2. The van der Waals surface area contributed by atoms with E-state index in [0.29, 0.717) is 17.7 Å². The van der Waals surface area contributed by atoms with Crippen LogP contribution in [-0.2, 0) is 13.5 Å². The van der Waals surface area contributed by atoms with Crippen molar-refractivity contribution in [3.63, 3.8) is 0 Å². The molecule has 5 rings (SSSR count). The molecule has 4 aromatic rings. The summed E-state index contributed by atoms with van der Waals surface area (Å²) >= 11 is 0. The van der Waals surface area contributed by atoms with E-state index in [0.717, 1.165) is 22.6 Å². The van der Waals surface area contributed by atoms with E-state index in [-0.39, 0.29) is 0 Å². The van der Waals surface area contributed by atoms with Crippen molar-refractivity contribution in [3.8, 4) is 11.5 Å². The van der Waals surface area contributed by atoms with E-state index >= 15 is 0 Å². The second kappa shape index (κ2) is 3.25. The highest BCUT2D eigenvalue weighted by Gasteiger charge is 2.33. The highest BCUT2D eigenvalue weighted by molar-refractivity contribution is 5.83. The predicted molar refractivity (Wildman–Crippen MR) is 74.2 cm³/mol. The fraction of sp³-hybridized carbons (Fsp3) is 0.133. The molecule has 20 heavy (non-hydrogen) atoms. The number of rotatable bonds is 0. The molecule has 1 aliphatic heterocycles. The first-order valence-corrected chi connectivity index (χ1v) is 6.40. The van der Waals surface area contributed by atoms with Crippen LogP contribution in [0.3, 0.4) is 0 Å². The molecule has 0 radical (unpaired) electrons. The van der Waals surface area contributed by atoms with Crippen LogP contribution in [0.15, 0.2) is 43.0 Å². The summed E-state index contributed by atoms with van der Waals surface area (Å²) in [5.41, 5.74) is 4.07. The van der Waals surface area contributed by atoms with Gasteiger partial charge in [-0.2, -0.15) is 4.40 Å². The Morgan fingerprint density at radius 1 is 1.30 bits per heavy atom. The van der Waals surface area contributed by atoms with Crippen LogP contribution < -0.4 is 4.57 Å². The Hall–Kier alpha value is -2.69. The lowest BCUT2D eigenvalue weighted by Crippen LogP contribution is -2.29. The second-order valence-corrected chi connectivity index (χ2v) is 4.99. The number of imidazole rings is 2. The third-order valence-electron chi connectivity index (χ3n) is 3.92. The van der Waals surface area contributed by atoms with Crippen LogP contribution >= 0.6 is 0 Å². The molecule has 4 aromatic heterocycles. The Bertz CT molecular complexity index is 1090. The Morgan fingerprint density at radius 2 is 2.30 bits per heavy atom. The number of hydrogen-bond acceptors (Lipinski definition) is 2. The molecular formula is C15H12N5+. The summed E-state index contributed by atoms with van der Waals surface area (Å²) in [6, 6.07) is 5.81. The minimum Gasteiger partial charge on any atom is -0.303 e.